The van der Waals surface area contributed by atoms with Crippen LogP contribution in [0, 0.1) is 0 Å². The van der Waals surface area contributed by atoms with E-state index in [1.807, 2.05) is 11.0 Å². The minimum Gasteiger partial charge on any atom is -0.493 e. The number of thiazole rings is 1. The van der Waals surface area contributed by atoms with Crippen LogP contribution in [0.15, 0.2) is 12.1 Å². The second-order valence-electron chi connectivity index (χ2n) is 6.70. The van der Waals surface area contributed by atoms with Crippen molar-refractivity contribution in [2.45, 2.75) is 25.4 Å². The van der Waals surface area contributed by atoms with Crippen LogP contribution < -0.4 is 14.6 Å². The lowest BCUT2D eigenvalue weighted by molar-refractivity contribution is -0.498. The minimum atomic E-state index is -1.48. The smallest absolute Gasteiger partial charge is 0.316 e. The molecule has 124 valence electrons. The molecule has 0 bridgehead atoms. The van der Waals surface area contributed by atoms with Crippen LogP contribution in [-0.2, 0) is 6.42 Å². The number of hydrogen-bond donors (Lipinski definition) is 1. The second kappa shape index (κ2) is 5.03. The van der Waals surface area contributed by atoms with Crippen molar-refractivity contribution in [1.82, 2.24) is 9.97 Å². The quantitative estimate of drug-likeness (QED) is 0.619. The number of anilines is 1. The zero-order valence-corrected chi connectivity index (χ0v) is 15.7. The fraction of sp³-hybridized carbons (Fsp3) is 0.438. The number of nitrogens with one attached hydrogen (secondary N) is 1. The third-order valence-corrected chi connectivity index (χ3v) is 9.77. The van der Waals surface area contributed by atoms with Crippen molar-refractivity contribution in [2.75, 3.05) is 25.1 Å². The number of fused-ring (bicyclic) bond motifs is 4. The molecule has 1 aromatic heterocycles. The SMILES string of the molecule is CC1=[N+](C)CC[C@H]2N(c3nc4c5c(ccc4s3)OCC5)C(=O)N[Si@@H]12. The second-order valence-corrected chi connectivity index (χ2v) is 10.6. The van der Waals surface area contributed by atoms with E-state index in [4.69, 9.17) is 9.72 Å². The number of amides is 2. The van der Waals surface area contributed by atoms with Crippen molar-refractivity contribution in [3.63, 3.8) is 0 Å². The minimum absolute atomic E-state index is 0.0262. The van der Waals surface area contributed by atoms with E-state index in [2.05, 4.69) is 29.6 Å². The van der Waals surface area contributed by atoms with E-state index >= 15 is 0 Å². The van der Waals surface area contributed by atoms with Gasteiger partial charge < -0.3 is 9.72 Å². The Hall–Kier alpha value is -1.93. The fourth-order valence-corrected chi connectivity index (χ4v) is 8.19. The van der Waals surface area contributed by atoms with Gasteiger partial charge in [0.2, 0.25) is 0 Å². The van der Waals surface area contributed by atoms with Gasteiger partial charge in [-0.15, -0.1) is 0 Å². The predicted molar refractivity (Wildman–Crippen MR) is 97.1 cm³/mol. The molecule has 5 rings (SSSR count). The maximum absolute atomic E-state index is 12.7. The summed E-state index contributed by atoms with van der Waals surface area (Å²) in [6.45, 7) is 3.89. The number of carbonyl (C=O) groups is 1. The average Bonchev–Trinajstić information content (AvgIpc) is 3.25. The molecule has 0 unspecified atom stereocenters. The van der Waals surface area contributed by atoms with Crippen LogP contribution in [0.2, 0.25) is 0 Å². The van der Waals surface area contributed by atoms with E-state index in [0.29, 0.717) is 5.67 Å². The Morgan fingerprint density at radius 1 is 1.50 bits per heavy atom. The van der Waals surface area contributed by atoms with Crippen LogP contribution in [0.3, 0.4) is 0 Å². The zero-order valence-electron chi connectivity index (χ0n) is 13.7. The third kappa shape index (κ3) is 1.89. The fourth-order valence-electron chi connectivity index (χ4n) is 4.01. The highest BCUT2D eigenvalue weighted by Gasteiger charge is 2.49. The number of carbonyl (C=O) groups excluding carboxylic acids is 1. The Kier molecular flexibility index (Phi) is 3.02. The largest absolute Gasteiger partial charge is 0.493 e. The molecule has 1 aromatic carbocycles. The molecule has 8 heteroatoms. The van der Waals surface area contributed by atoms with Gasteiger partial charge in [-0.2, -0.15) is 0 Å². The molecule has 2 aromatic rings. The standard InChI is InChI=1S/C16H18N4O2SSi/c1-9-19(2)7-5-13-20(15(21)18-24(9)13)16-17-14-10-6-8-22-11(10)3-4-12(14)23-16/h3-4,13,24H,5-8H2,1-2H3/p+1/t13-,24-/m0/s1. The van der Waals surface area contributed by atoms with Crippen LogP contribution >= 0.6 is 11.3 Å². The highest BCUT2D eigenvalue weighted by molar-refractivity contribution is 7.22. The van der Waals surface area contributed by atoms with Gasteiger partial charge in [0.25, 0.3) is 8.96 Å². The number of rotatable bonds is 1. The van der Waals surface area contributed by atoms with Crippen LogP contribution in [0.5, 0.6) is 5.75 Å². The summed E-state index contributed by atoms with van der Waals surface area (Å²) in [5, 5.41) is 2.19. The Bertz CT molecular complexity index is 909. The molecular weight excluding hydrogens is 340 g/mol. The summed E-state index contributed by atoms with van der Waals surface area (Å²) in [6, 6.07) is 4.12. The first-order chi connectivity index (χ1) is 11.6. The highest BCUT2D eigenvalue weighted by Crippen LogP contribution is 2.39. The molecule has 0 radical (unpaired) electrons. The van der Waals surface area contributed by atoms with E-state index in [1.54, 1.807) is 11.3 Å². The van der Waals surface area contributed by atoms with Crippen LogP contribution in [0.25, 0.3) is 10.2 Å². The van der Waals surface area contributed by atoms with Gasteiger partial charge in [0.05, 0.1) is 22.5 Å². The lowest BCUT2D eigenvalue weighted by atomic mass is 10.1. The molecule has 1 fully saturated rings. The molecule has 6 nitrogen and oxygen atoms in total. The predicted octanol–water partition coefficient (Wildman–Crippen LogP) is 1.44. The molecule has 24 heavy (non-hydrogen) atoms. The summed E-state index contributed by atoms with van der Waals surface area (Å²) in [5.74, 6) is 0.945. The molecule has 3 aliphatic heterocycles. The number of nitrogens with zero attached hydrogens (tertiary/aromatic N) is 3. The van der Waals surface area contributed by atoms with Gasteiger partial charge in [-0.3, -0.25) is 4.90 Å². The van der Waals surface area contributed by atoms with Crippen LogP contribution in [0.4, 0.5) is 9.93 Å². The Morgan fingerprint density at radius 3 is 3.25 bits per heavy atom. The van der Waals surface area contributed by atoms with Crippen molar-refractivity contribution >= 4 is 47.0 Å². The van der Waals surface area contributed by atoms with Crippen LogP contribution in [0.1, 0.15) is 18.9 Å². The van der Waals surface area contributed by atoms with E-state index in [0.717, 1.165) is 47.1 Å². The van der Waals surface area contributed by atoms with Crippen molar-refractivity contribution < 1.29 is 14.1 Å². The van der Waals surface area contributed by atoms with Gasteiger partial charge in [0.1, 0.15) is 24.7 Å². The monoisotopic (exact) mass is 359 g/mol. The molecule has 4 heterocycles. The summed E-state index contributed by atoms with van der Waals surface area (Å²) in [6.07, 6.45) is 1.92. The topological polar surface area (TPSA) is 57.5 Å². The number of aromatic nitrogens is 1. The summed E-state index contributed by atoms with van der Waals surface area (Å²) in [5.41, 5.74) is 2.49. The lowest BCUT2D eigenvalue weighted by Crippen LogP contribution is -2.53. The Balaban J connectivity index is 1.59. The lowest BCUT2D eigenvalue weighted by Gasteiger charge is -2.25. The maximum Gasteiger partial charge on any atom is 0.316 e. The average molecular weight is 360 g/mol. The molecule has 1 saturated heterocycles. The molecule has 0 spiro atoms. The Labute approximate surface area is 145 Å². The van der Waals surface area contributed by atoms with E-state index in [1.165, 1.54) is 10.9 Å². The van der Waals surface area contributed by atoms with Crippen LogP contribution in [-0.4, -0.2) is 55.7 Å². The molecule has 3 aliphatic rings. The third-order valence-electron chi connectivity index (χ3n) is 5.45. The van der Waals surface area contributed by atoms with E-state index < -0.39 is 8.96 Å². The molecule has 0 aliphatic carbocycles. The van der Waals surface area contributed by atoms with Gasteiger partial charge in [0.15, 0.2) is 5.13 Å². The summed E-state index contributed by atoms with van der Waals surface area (Å²) >= 11 is 1.62. The van der Waals surface area contributed by atoms with Gasteiger partial charge in [-0.1, -0.05) is 11.3 Å². The maximum atomic E-state index is 12.7. The first-order valence-corrected chi connectivity index (χ1v) is 11.0. The molecule has 1 N–H and O–H groups in total. The van der Waals surface area contributed by atoms with Crippen molar-refractivity contribution in [2.24, 2.45) is 0 Å². The van der Waals surface area contributed by atoms with Crippen molar-refractivity contribution in [1.29, 1.82) is 0 Å². The first-order valence-electron chi connectivity index (χ1n) is 8.33. The van der Waals surface area contributed by atoms with Gasteiger partial charge in [-0.05, 0) is 12.1 Å². The molecular formula is C16H19N4O2SSi+. The van der Waals surface area contributed by atoms with Gasteiger partial charge in [0, 0.05) is 25.3 Å². The zero-order chi connectivity index (χ0) is 16.4. The summed E-state index contributed by atoms with van der Waals surface area (Å²) in [4.78, 5) is 22.7. The van der Waals surface area contributed by atoms with Gasteiger partial charge >= 0.3 is 6.03 Å². The molecule has 2 amide bonds. The first kappa shape index (κ1) is 14.4. The van der Waals surface area contributed by atoms with Crippen molar-refractivity contribution in [3.8, 4) is 5.75 Å². The number of ether oxygens (including phenoxy) is 1. The number of urea groups is 1. The number of hydrogen-bond acceptors (Lipinski definition) is 4. The highest BCUT2D eigenvalue weighted by atomic mass is 32.1. The molecule has 2 atom stereocenters. The Morgan fingerprint density at radius 2 is 2.38 bits per heavy atom. The number of benzene rings is 1. The van der Waals surface area contributed by atoms with E-state index in [-0.39, 0.29) is 6.03 Å². The normalized spacial score (nSPS) is 25.8. The van der Waals surface area contributed by atoms with Gasteiger partial charge in [-0.25, -0.2) is 14.4 Å². The molecule has 0 saturated carbocycles. The van der Waals surface area contributed by atoms with Crippen molar-refractivity contribution in [3.05, 3.63) is 17.7 Å². The summed E-state index contributed by atoms with van der Waals surface area (Å²) in [7, 11) is 0.643. The van der Waals surface area contributed by atoms with E-state index in [9.17, 15) is 4.79 Å². The summed E-state index contributed by atoms with van der Waals surface area (Å²) < 4.78 is 9.07.